The first kappa shape index (κ1) is 13.5. The largest absolute Gasteiger partial charge is 0.491 e. The van der Waals surface area contributed by atoms with Crippen LogP contribution in [-0.2, 0) is 4.74 Å². The second-order valence-electron chi connectivity index (χ2n) is 3.54. The van der Waals surface area contributed by atoms with E-state index in [2.05, 4.69) is 15.9 Å². The Bertz CT molecular complexity index is 328. The molecule has 4 heteroatoms. The molecule has 1 N–H and O–H groups in total. The molecule has 90 valence electrons. The zero-order valence-electron chi connectivity index (χ0n) is 9.57. The molecule has 0 saturated carbocycles. The summed E-state index contributed by atoms with van der Waals surface area (Å²) in [5.74, 6) is 0.760. The fourth-order valence-corrected chi connectivity index (χ4v) is 1.45. The summed E-state index contributed by atoms with van der Waals surface area (Å²) < 4.78 is 11.6. The molecule has 0 heterocycles. The van der Waals surface area contributed by atoms with Crippen LogP contribution in [0.2, 0.25) is 0 Å². The van der Waals surface area contributed by atoms with Crippen molar-refractivity contribution in [3.8, 4) is 5.75 Å². The van der Waals surface area contributed by atoms with Gasteiger partial charge in [0.2, 0.25) is 0 Å². The van der Waals surface area contributed by atoms with Gasteiger partial charge in [0.25, 0.3) is 0 Å². The molecule has 0 aromatic heterocycles. The van der Waals surface area contributed by atoms with E-state index in [1.807, 2.05) is 32.0 Å². The van der Waals surface area contributed by atoms with E-state index in [-0.39, 0.29) is 6.61 Å². The molecule has 1 unspecified atom stereocenters. The van der Waals surface area contributed by atoms with Crippen molar-refractivity contribution in [2.75, 3.05) is 19.8 Å². The van der Waals surface area contributed by atoms with E-state index in [9.17, 15) is 5.11 Å². The second-order valence-corrected chi connectivity index (χ2v) is 4.39. The topological polar surface area (TPSA) is 38.7 Å². The predicted octanol–water partition coefficient (Wildman–Crippen LogP) is 2.53. The molecule has 0 bridgehead atoms. The van der Waals surface area contributed by atoms with E-state index in [0.717, 1.165) is 15.8 Å². The lowest BCUT2D eigenvalue weighted by molar-refractivity contribution is 0.0164. The molecule has 16 heavy (non-hydrogen) atoms. The van der Waals surface area contributed by atoms with Gasteiger partial charge in [-0.25, -0.2) is 0 Å². The zero-order valence-corrected chi connectivity index (χ0v) is 11.2. The fourth-order valence-electron chi connectivity index (χ4n) is 1.20. The van der Waals surface area contributed by atoms with E-state index in [0.29, 0.717) is 13.2 Å². The summed E-state index contributed by atoms with van der Waals surface area (Å²) in [5.41, 5.74) is 1.11. The van der Waals surface area contributed by atoms with Gasteiger partial charge in [-0.1, -0.05) is 15.9 Å². The summed E-state index contributed by atoms with van der Waals surface area (Å²) in [6.45, 7) is 5.06. The van der Waals surface area contributed by atoms with Gasteiger partial charge in [0, 0.05) is 11.1 Å². The SMILES string of the molecule is CCOCC(O)COc1ccc(Br)c(C)c1. The molecule has 0 aliphatic rings. The average Bonchev–Trinajstić information content (AvgIpc) is 2.28. The van der Waals surface area contributed by atoms with Crippen LogP contribution in [0.15, 0.2) is 22.7 Å². The van der Waals surface area contributed by atoms with Crippen molar-refractivity contribution in [2.24, 2.45) is 0 Å². The standard InChI is InChI=1S/C12H17BrO3/c1-3-15-7-10(14)8-16-11-4-5-12(13)9(2)6-11/h4-6,10,14H,3,7-8H2,1-2H3. The van der Waals surface area contributed by atoms with Gasteiger partial charge >= 0.3 is 0 Å². The minimum Gasteiger partial charge on any atom is -0.491 e. The first-order chi connectivity index (χ1) is 7.63. The van der Waals surface area contributed by atoms with Crippen LogP contribution in [0.5, 0.6) is 5.75 Å². The first-order valence-electron chi connectivity index (χ1n) is 5.28. The lowest BCUT2D eigenvalue weighted by Gasteiger charge is -2.12. The normalized spacial score (nSPS) is 12.5. The predicted molar refractivity (Wildman–Crippen MR) is 66.9 cm³/mol. The molecule has 0 aliphatic heterocycles. The maximum Gasteiger partial charge on any atom is 0.119 e. The fraction of sp³-hybridized carbons (Fsp3) is 0.500. The summed E-state index contributed by atoms with van der Waals surface area (Å²) in [7, 11) is 0. The van der Waals surface area contributed by atoms with Gasteiger partial charge in [-0.3, -0.25) is 0 Å². The molecule has 0 aliphatic carbocycles. The highest BCUT2D eigenvalue weighted by Gasteiger charge is 2.05. The third-order valence-electron chi connectivity index (χ3n) is 2.09. The number of benzene rings is 1. The molecule has 1 aromatic rings. The van der Waals surface area contributed by atoms with Crippen LogP contribution in [0.3, 0.4) is 0 Å². The minimum absolute atomic E-state index is 0.251. The Kier molecular flexibility index (Phi) is 5.80. The van der Waals surface area contributed by atoms with Crippen LogP contribution in [0, 0.1) is 6.92 Å². The average molecular weight is 289 g/mol. The number of aliphatic hydroxyl groups excluding tert-OH is 1. The monoisotopic (exact) mass is 288 g/mol. The third kappa shape index (κ3) is 4.51. The third-order valence-corrected chi connectivity index (χ3v) is 2.98. The highest BCUT2D eigenvalue weighted by molar-refractivity contribution is 9.10. The lowest BCUT2D eigenvalue weighted by Crippen LogP contribution is -2.23. The lowest BCUT2D eigenvalue weighted by atomic mass is 10.2. The summed E-state index contributed by atoms with van der Waals surface area (Å²) in [5, 5.41) is 9.51. The van der Waals surface area contributed by atoms with E-state index >= 15 is 0 Å². The van der Waals surface area contributed by atoms with E-state index in [4.69, 9.17) is 9.47 Å². The molecule has 3 nitrogen and oxygen atoms in total. The van der Waals surface area contributed by atoms with E-state index in [1.165, 1.54) is 0 Å². The van der Waals surface area contributed by atoms with Crippen molar-refractivity contribution >= 4 is 15.9 Å². The number of halogens is 1. The van der Waals surface area contributed by atoms with Crippen LogP contribution in [0.25, 0.3) is 0 Å². The number of aryl methyl sites for hydroxylation is 1. The van der Waals surface area contributed by atoms with Crippen LogP contribution in [-0.4, -0.2) is 31.0 Å². The van der Waals surface area contributed by atoms with Crippen LogP contribution < -0.4 is 4.74 Å². The number of hydrogen-bond acceptors (Lipinski definition) is 3. The van der Waals surface area contributed by atoms with Gasteiger partial charge in [-0.2, -0.15) is 0 Å². The maximum absolute atomic E-state index is 9.51. The smallest absolute Gasteiger partial charge is 0.119 e. The number of aliphatic hydroxyl groups is 1. The molecule has 0 spiro atoms. The van der Waals surface area contributed by atoms with Crippen molar-refractivity contribution in [3.63, 3.8) is 0 Å². The van der Waals surface area contributed by atoms with Crippen molar-refractivity contribution in [1.82, 2.24) is 0 Å². The van der Waals surface area contributed by atoms with E-state index < -0.39 is 6.10 Å². The summed E-state index contributed by atoms with van der Waals surface area (Å²) in [6.07, 6.45) is -0.580. The minimum atomic E-state index is -0.580. The highest BCUT2D eigenvalue weighted by atomic mass is 79.9. The highest BCUT2D eigenvalue weighted by Crippen LogP contribution is 2.21. The Labute approximate surface area is 105 Å². The van der Waals surface area contributed by atoms with Crippen molar-refractivity contribution < 1.29 is 14.6 Å². The molecule has 1 rings (SSSR count). The maximum atomic E-state index is 9.51. The number of rotatable bonds is 6. The molecule has 0 saturated heterocycles. The van der Waals surface area contributed by atoms with Gasteiger partial charge in [-0.15, -0.1) is 0 Å². The summed E-state index contributed by atoms with van der Waals surface area (Å²) >= 11 is 3.42. The molecule has 0 amide bonds. The first-order valence-corrected chi connectivity index (χ1v) is 6.07. The molecule has 0 radical (unpaired) electrons. The molecule has 0 fully saturated rings. The number of hydrogen-bond donors (Lipinski definition) is 1. The van der Waals surface area contributed by atoms with Gasteiger partial charge in [0.05, 0.1) is 6.61 Å². The summed E-state index contributed by atoms with van der Waals surface area (Å²) in [6, 6.07) is 5.72. The Hall–Kier alpha value is -0.580. The van der Waals surface area contributed by atoms with Crippen molar-refractivity contribution in [2.45, 2.75) is 20.0 Å². The van der Waals surface area contributed by atoms with Gasteiger partial charge in [0.15, 0.2) is 0 Å². The van der Waals surface area contributed by atoms with Crippen LogP contribution >= 0.6 is 15.9 Å². The Morgan fingerprint density at radius 2 is 2.12 bits per heavy atom. The van der Waals surface area contributed by atoms with Crippen molar-refractivity contribution in [1.29, 1.82) is 0 Å². The molecular formula is C12H17BrO3. The Morgan fingerprint density at radius 3 is 2.75 bits per heavy atom. The Balaban J connectivity index is 2.39. The molecule has 1 atom stereocenters. The zero-order chi connectivity index (χ0) is 12.0. The van der Waals surface area contributed by atoms with Crippen molar-refractivity contribution in [3.05, 3.63) is 28.2 Å². The number of ether oxygens (including phenoxy) is 2. The van der Waals surface area contributed by atoms with Gasteiger partial charge in [-0.05, 0) is 37.6 Å². The van der Waals surface area contributed by atoms with Crippen LogP contribution in [0.1, 0.15) is 12.5 Å². The quantitative estimate of drug-likeness (QED) is 0.874. The molecular weight excluding hydrogens is 272 g/mol. The van der Waals surface area contributed by atoms with Gasteiger partial charge < -0.3 is 14.6 Å². The summed E-state index contributed by atoms with van der Waals surface area (Å²) in [4.78, 5) is 0. The van der Waals surface area contributed by atoms with Crippen LogP contribution in [0.4, 0.5) is 0 Å². The van der Waals surface area contributed by atoms with E-state index in [1.54, 1.807) is 0 Å². The van der Waals surface area contributed by atoms with Gasteiger partial charge in [0.1, 0.15) is 18.5 Å². The molecule has 1 aromatic carbocycles. The Morgan fingerprint density at radius 1 is 1.38 bits per heavy atom. The second kappa shape index (κ2) is 6.89.